The van der Waals surface area contributed by atoms with Gasteiger partial charge in [-0.2, -0.15) is 5.10 Å². The van der Waals surface area contributed by atoms with Crippen LogP contribution in [0.15, 0.2) is 42.6 Å². The Bertz CT molecular complexity index is 516. The molecule has 1 N–H and O–H groups in total. The Hall–Kier alpha value is -1.61. The molecule has 0 aliphatic carbocycles. The van der Waals surface area contributed by atoms with Crippen LogP contribution in [0.3, 0.4) is 0 Å². The van der Waals surface area contributed by atoms with Gasteiger partial charge in [-0.25, -0.2) is 0 Å². The van der Waals surface area contributed by atoms with Crippen LogP contribution in [0.2, 0.25) is 0 Å². The Kier molecular flexibility index (Phi) is 4.96. The number of nitrogens with zero attached hydrogens (tertiary/aromatic N) is 2. The van der Waals surface area contributed by atoms with Crippen LogP contribution in [0.1, 0.15) is 44.1 Å². The van der Waals surface area contributed by atoms with Gasteiger partial charge < -0.3 is 5.32 Å². The van der Waals surface area contributed by atoms with E-state index >= 15 is 0 Å². The lowest BCUT2D eigenvalue weighted by Gasteiger charge is -2.23. The third-order valence-electron chi connectivity index (χ3n) is 3.76. The van der Waals surface area contributed by atoms with Crippen molar-refractivity contribution in [3.63, 3.8) is 0 Å². The van der Waals surface area contributed by atoms with E-state index in [9.17, 15) is 0 Å². The minimum absolute atomic E-state index is 0.361. The molecule has 2 rings (SSSR count). The van der Waals surface area contributed by atoms with Crippen LogP contribution in [0.25, 0.3) is 0 Å². The first-order valence-electron chi connectivity index (χ1n) is 7.38. The molecule has 2 unspecified atom stereocenters. The van der Waals surface area contributed by atoms with E-state index in [0.717, 1.165) is 6.42 Å². The van der Waals surface area contributed by atoms with Gasteiger partial charge in [0.05, 0.1) is 5.69 Å². The normalized spacial score (nSPS) is 14.4. The highest BCUT2D eigenvalue weighted by molar-refractivity contribution is 5.20. The molecule has 0 radical (unpaired) electrons. The fraction of sp³-hybridized carbons (Fsp3) is 0.471. The molecule has 1 aromatic carbocycles. The van der Waals surface area contributed by atoms with Crippen LogP contribution in [-0.4, -0.2) is 16.8 Å². The van der Waals surface area contributed by atoms with E-state index in [-0.39, 0.29) is 0 Å². The standard InChI is InChI=1S/C17H25N3/c1-13(2)20-11-10-16(19-20)12-14(3)17(18-4)15-8-6-5-7-9-15/h5-11,13-14,17-18H,12H2,1-4H3. The van der Waals surface area contributed by atoms with Gasteiger partial charge >= 0.3 is 0 Å². The predicted octanol–water partition coefficient (Wildman–Crippen LogP) is 3.60. The molecule has 3 heteroatoms. The first kappa shape index (κ1) is 14.8. The van der Waals surface area contributed by atoms with E-state index in [2.05, 4.69) is 73.8 Å². The summed E-state index contributed by atoms with van der Waals surface area (Å²) >= 11 is 0. The summed E-state index contributed by atoms with van der Waals surface area (Å²) in [6.07, 6.45) is 3.06. The van der Waals surface area contributed by atoms with Gasteiger partial charge in [0.25, 0.3) is 0 Å². The highest BCUT2D eigenvalue weighted by Gasteiger charge is 2.18. The quantitative estimate of drug-likeness (QED) is 0.870. The summed E-state index contributed by atoms with van der Waals surface area (Å²) in [5.41, 5.74) is 2.51. The van der Waals surface area contributed by atoms with E-state index < -0.39 is 0 Å². The fourth-order valence-corrected chi connectivity index (χ4v) is 2.66. The average Bonchev–Trinajstić information content (AvgIpc) is 2.89. The minimum Gasteiger partial charge on any atom is -0.313 e. The summed E-state index contributed by atoms with van der Waals surface area (Å²) < 4.78 is 2.03. The van der Waals surface area contributed by atoms with Crippen molar-refractivity contribution >= 4 is 0 Å². The lowest BCUT2D eigenvalue weighted by Crippen LogP contribution is -2.25. The van der Waals surface area contributed by atoms with Crippen LogP contribution in [0.5, 0.6) is 0 Å². The third-order valence-corrected chi connectivity index (χ3v) is 3.76. The van der Waals surface area contributed by atoms with Gasteiger partial charge in [0.2, 0.25) is 0 Å². The van der Waals surface area contributed by atoms with Crippen molar-refractivity contribution in [1.82, 2.24) is 15.1 Å². The highest BCUT2D eigenvalue weighted by Crippen LogP contribution is 2.24. The second-order valence-corrected chi connectivity index (χ2v) is 5.74. The third kappa shape index (κ3) is 3.48. The number of nitrogens with one attached hydrogen (secondary N) is 1. The first-order valence-corrected chi connectivity index (χ1v) is 7.38. The molecule has 0 spiro atoms. The molecular formula is C17H25N3. The zero-order valence-corrected chi connectivity index (χ0v) is 12.9. The average molecular weight is 271 g/mol. The zero-order chi connectivity index (χ0) is 14.5. The number of benzene rings is 1. The van der Waals surface area contributed by atoms with Gasteiger partial charge in [-0.05, 0) is 44.9 Å². The molecule has 0 saturated heterocycles. The molecule has 0 fully saturated rings. The molecule has 1 heterocycles. The van der Waals surface area contributed by atoms with Crippen LogP contribution in [-0.2, 0) is 6.42 Å². The minimum atomic E-state index is 0.361. The predicted molar refractivity (Wildman–Crippen MR) is 83.7 cm³/mol. The summed E-state index contributed by atoms with van der Waals surface area (Å²) in [4.78, 5) is 0. The van der Waals surface area contributed by atoms with Gasteiger partial charge in [0.1, 0.15) is 0 Å². The van der Waals surface area contributed by atoms with Crippen molar-refractivity contribution in [1.29, 1.82) is 0 Å². The number of aromatic nitrogens is 2. The Morgan fingerprint density at radius 1 is 1.10 bits per heavy atom. The van der Waals surface area contributed by atoms with Crippen molar-refractivity contribution in [2.45, 2.75) is 39.3 Å². The van der Waals surface area contributed by atoms with Gasteiger partial charge in [-0.1, -0.05) is 37.3 Å². The summed E-state index contributed by atoms with van der Waals surface area (Å²) in [6.45, 7) is 6.59. The largest absolute Gasteiger partial charge is 0.313 e. The maximum atomic E-state index is 4.65. The maximum Gasteiger partial charge on any atom is 0.0628 e. The molecular weight excluding hydrogens is 246 g/mol. The van der Waals surface area contributed by atoms with Crippen LogP contribution >= 0.6 is 0 Å². The molecule has 0 amide bonds. The summed E-state index contributed by atoms with van der Waals surface area (Å²) in [5, 5.41) is 8.08. The van der Waals surface area contributed by atoms with Crippen molar-refractivity contribution in [2.24, 2.45) is 5.92 Å². The second kappa shape index (κ2) is 6.71. The molecule has 0 bridgehead atoms. The van der Waals surface area contributed by atoms with E-state index in [1.165, 1.54) is 11.3 Å². The highest BCUT2D eigenvalue weighted by atomic mass is 15.3. The van der Waals surface area contributed by atoms with Crippen molar-refractivity contribution < 1.29 is 0 Å². The van der Waals surface area contributed by atoms with Gasteiger partial charge in [-0.3, -0.25) is 4.68 Å². The van der Waals surface area contributed by atoms with Gasteiger partial charge in [0, 0.05) is 18.3 Å². The lowest BCUT2D eigenvalue weighted by molar-refractivity contribution is 0.402. The van der Waals surface area contributed by atoms with E-state index in [1.807, 2.05) is 11.7 Å². The molecule has 0 aliphatic heterocycles. The smallest absolute Gasteiger partial charge is 0.0628 e. The molecule has 0 saturated carbocycles. The van der Waals surface area contributed by atoms with Crippen molar-refractivity contribution in [3.8, 4) is 0 Å². The molecule has 3 nitrogen and oxygen atoms in total. The second-order valence-electron chi connectivity index (χ2n) is 5.74. The Morgan fingerprint density at radius 2 is 1.80 bits per heavy atom. The van der Waals surface area contributed by atoms with Crippen LogP contribution in [0, 0.1) is 5.92 Å². The molecule has 2 atom stereocenters. The molecule has 20 heavy (non-hydrogen) atoms. The fourth-order valence-electron chi connectivity index (χ4n) is 2.66. The van der Waals surface area contributed by atoms with Crippen LogP contribution < -0.4 is 5.32 Å². The number of hydrogen-bond acceptors (Lipinski definition) is 2. The first-order chi connectivity index (χ1) is 9.61. The zero-order valence-electron chi connectivity index (χ0n) is 12.9. The monoisotopic (exact) mass is 271 g/mol. The van der Waals surface area contributed by atoms with Gasteiger partial charge in [-0.15, -0.1) is 0 Å². The summed E-state index contributed by atoms with van der Waals surface area (Å²) in [5.74, 6) is 0.498. The van der Waals surface area contributed by atoms with Gasteiger partial charge in [0.15, 0.2) is 0 Å². The van der Waals surface area contributed by atoms with E-state index in [1.54, 1.807) is 0 Å². The molecule has 0 aliphatic rings. The Morgan fingerprint density at radius 3 is 2.35 bits per heavy atom. The Balaban J connectivity index is 2.07. The topological polar surface area (TPSA) is 29.9 Å². The molecule has 108 valence electrons. The lowest BCUT2D eigenvalue weighted by atomic mass is 9.91. The van der Waals surface area contributed by atoms with Crippen molar-refractivity contribution in [3.05, 3.63) is 53.9 Å². The number of rotatable bonds is 6. The SMILES string of the molecule is CNC(c1ccccc1)C(C)Cc1ccn(C(C)C)n1. The Labute approximate surface area is 122 Å². The molecule has 2 aromatic rings. The van der Waals surface area contributed by atoms with Crippen LogP contribution in [0.4, 0.5) is 0 Å². The van der Waals surface area contributed by atoms with Crippen molar-refractivity contribution in [2.75, 3.05) is 7.05 Å². The molecule has 1 aromatic heterocycles. The summed E-state index contributed by atoms with van der Waals surface area (Å²) in [6, 6.07) is 13.5. The number of hydrogen-bond donors (Lipinski definition) is 1. The van der Waals surface area contributed by atoms with E-state index in [4.69, 9.17) is 0 Å². The van der Waals surface area contributed by atoms with E-state index in [0.29, 0.717) is 18.0 Å². The maximum absolute atomic E-state index is 4.65. The summed E-state index contributed by atoms with van der Waals surface area (Å²) in [7, 11) is 2.03.